The van der Waals surface area contributed by atoms with E-state index in [-0.39, 0.29) is 0 Å². The maximum Gasteiger partial charge on any atom is 0.425 e. The van der Waals surface area contributed by atoms with Gasteiger partial charge >= 0.3 is 6.18 Å². The number of hydrogen-bond acceptors (Lipinski definition) is 3. The van der Waals surface area contributed by atoms with Gasteiger partial charge in [-0.3, -0.25) is 0 Å². The number of nitrogens with zero attached hydrogens (tertiary/aromatic N) is 1. The van der Waals surface area contributed by atoms with E-state index in [1.165, 1.54) is 12.1 Å². The number of nitriles is 1. The van der Waals surface area contributed by atoms with Crippen molar-refractivity contribution < 1.29 is 22.7 Å². The Kier molecular flexibility index (Phi) is 2.53. The number of alkyl halides is 3. The molecule has 0 aromatic carbocycles. The molecule has 0 aliphatic carbocycles. The largest absolute Gasteiger partial charge is 0.466 e. The Balaban J connectivity index is 3.14. The Bertz CT molecular complexity index is 338. The fraction of sp³-hybridized carbons (Fsp3) is 0.375. The molecule has 0 radical (unpaired) electrons. The molecule has 0 amide bonds. The third-order valence-electron chi connectivity index (χ3n) is 1.73. The first-order valence-corrected chi connectivity index (χ1v) is 3.62. The van der Waals surface area contributed by atoms with E-state index < -0.39 is 24.0 Å². The van der Waals surface area contributed by atoms with Gasteiger partial charge in [-0.15, -0.1) is 0 Å². The number of rotatable bonds is 2. The zero-order chi connectivity index (χ0) is 10.8. The topological polar surface area (TPSA) is 57.2 Å². The van der Waals surface area contributed by atoms with E-state index in [4.69, 9.17) is 5.26 Å². The smallest absolute Gasteiger partial charge is 0.425 e. The van der Waals surface area contributed by atoms with Crippen molar-refractivity contribution in [2.75, 3.05) is 0 Å². The van der Waals surface area contributed by atoms with E-state index in [9.17, 15) is 18.3 Å². The summed E-state index contributed by atoms with van der Waals surface area (Å²) in [5, 5.41) is 17.5. The van der Waals surface area contributed by atoms with Crippen molar-refractivity contribution in [1.82, 2.24) is 0 Å². The third kappa shape index (κ3) is 1.59. The highest BCUT2D eigenvalue weighted by atomic mass is 19.4. The molecule has 0 bridgehead atoms. The van der Waals surface area contributed by atoms with Crippen molar-refractivity contribution >= 4 is 0 Å². The summed E-state index contributed by atoms with van der Waals surface area (Å²) >= 11 is 0. The Labute approximate surface area is 77.4 Å². The fourth-order valence-electron chi connectivity index (χ4n) is 0.955. The van der Waals surface area contributed by atoms with Gasteiger partial charge in [-0.2, -0.15) is 18.4 Å². The molecule has 14 heavy (non-hydrogen) atoms. The molecule has 3 nitrogen and oxygen atoms in total. The van der Waals surface area contributed by atoms with Gasteiger partial charge in [-0.1, -0.05) is 0 Å². The second-order valence-corrected chi connectivity index (χ2v) is 2.67. The highest BCUT2D eigenvalue weighted by Gasteiger charge is 2.57. The van der Waals surface area contributed by atoms with Crippen LogP contribution in [0.25, 0.3) is 0 Å². The summed E-state index contributed by atoms with van der Waals surface area (Å²) in [6, 6.07) is 3.46. The minimum Gasteiger partial charge on any atom is -0.466 e. The monoisotopic (exact) mass is 205 g/mol. The SMILES string of the molecule is N#CC[C@@](O)(c1ccco1)C(F)(F)F. The molecular weight excluding hydrogens is 199 g/mol. The normalized spacial score (nSPS) is 15.9. The first-order chi connectivity index (χ1) is 6.42. The molecule has 0 spiro atoms. The van der Waals surface area contributed by atoms with Gasteiger partial charge in [0.15, 0.2) is 0 Å². The van der Waals surface area contributed by atoms with Crippen molar-refractivity contribution in [1.29, 1.82) is 5.26 Å². The fourth-order valence-corrected chi connectivity index (χ4v) is 0.955. The summed E-state index contributed by atoms with van der Waals surface area (Å²) in [6.07, 6.45) is -5.02. The number of hydrogen-bond donors (Lipinski definition) is 1. The lowest BCUT2D eigenvalue weighted by Gasteiger charge is -2.25. The lowest BCUT2D eigenvalue weighted by Crippen LogP contribution is -2.41. The molecule has 1 N–H and O–H groups in total. The van der Waals surface area contributed by atoms with Crippen LogP contribution in [0.4, 0.5) is 13.2 Å². The van der Waals surface area contributed by atoms with Gasteiger partial charge < -0.3 is 9.52 Å². The van der Waals surface area contributed by atoms with Gasteiger partial charge in [0, 0.05) is 0 Å². The summed E-state index contributed by atoms with van der Waals surface area (Å²) in [5.41, 5.74) is -3.22. The molecule has 0 saturated carbocycles. The van der Waals surface area contributed by atoms with E-state index in [1.54, 1.807) is 0 Å². The van der Waals surface area contributed by atoms with Crippen LogP contribution in [-0.4, -0.2) is 11.3 Å². The molecule has 6 heteroatoms. The lowest BCUT2D eigenvalue weighted by molar-refractivity contribution is -0.270. The minimum absolute atomic E-state index is 0.674. The van der Waals surface area contributed by atoms with Crippen LogP contribution < -0.4 is 0 Å². The molecule has 1 rings (SSSR count). The van der Waals surface area contributed by atoms with Crippen LogP contribution in [0, 0.1) is 11.3 Å². The Hall–Kier alpha value is -1.48. The zero-order valence-electron chi connectivity index (χ0n) is 6.88. The van der Waals surface area contributed by atoms with Gasteiger partial charge in [0.25, 0.3) is 0 Å². The molecular formula is C8H6F3NO2. The molecule has 1 aromatic rings. The maximum atomic E-state index is 12.4. The Morgan fingerprint density at radius 3 is 2.50 bits per heavy atom. The molecule has 0 unspecified atom stereocenters. The Morgan fingerprint density at radius 2 is 2.14 bits per heavy atom. The highest BCUT2D eigenvalue weighted by molar-refractivity contribution is 5.14. The molecule has 76 valence electrons. The quantitative estimate of drug-likeness (QED) is 0.802. The van der Waals surface area contributed by atoms with Crippen molar-refractivity contribution in [3.63, 3.8) is 0 Å². The van der Waals surface area contributed by atoms with Gasteiger partial charge in [0.2, 0.25) is 5.60 Å². The summed E-state index contributed by atoms with van der Waals surface area (Å²) < 4.78 is 41.6. The molecule has 1 heterocycles. The van der Waals surface area contributed by atoms with Crippen LogP contribution in [0.1, 0.15) is 12.2 Å². The van der Waals surface area contributed by atoms with E-state index in [2.05, 4.69) is 4.42 Å². The molecule has 0 aliphatic rings. The number of furan rings is 1. The average Bonchev–Trinajstić information content (AvgIpc) is 2.54. The standard InChI is InChI=1S/C8H6F3NO2/c9-8(10,11)7(13,3-4-12)6-2-1-5-14-6/h1-2,5,13H,3H2/t7-/m1/s1. The second-order valence-electron chi connectivity index (χ2n) is 2.67. The summed E-state index contributed by atoms with van der Waals surface area (Å²) in [7, 11) is 0. The molecule has 0 aliphatic heterocycles. The van der Waals surface area contributed by atoms with Gasteiger partial charge in [-0.25, -0.2) is 0 Å². The van der Waals surface area contributed by atoms with Crippen LogP contribution >= 0.6 is 0 Å². The summed E-state index contributed by atoms with van der Waals surface area (Å²) in [6.45, 7) is 0. The maximum absolute atomic E-state index is 12.4. The molecule has 1 atom stereocenters. The van der Waals surface area contributed by atoms with E-state index >= 15 is 0 Å². The Morgan fingerprint density at radius 1 is 1.50 bits per heavy atom. The van der Waals surface area contributed by atoms with Crippen molar-refractivity contribution in [2.45, 2.75) is 18.2 Å². The van der Waals surface area contributed by atoms with E-state index in [0.29, 0.717) is 0 Å². The lowest BCUT2D eigenvalue weighted by atomic mass is 9.97. The van der Waals surface area contributed by atoms with Crippen LogP contribution in [-0.2, 0) is 5.60 Å². The third-order valence-corrected chi connectivity index (χ3v) is 1.73. The summed E-state index contributed by atoms with van der Waals surface area (Å²) in [4.78, 5) is 0. The average molecular weight is 205 g/mol. The van der Waals surface area contributed by atoms with E-state index in [0.717, 1.165) is 12.3 Å². The van der Waals surface area contributed by atoms with Gasteiger partial charge in [0.05, 0.1) is 18.8 Å². The molecule has 0 fully saturated rings. The summed E-state index contributed by atoms with van der Waals surface area (Å²) in [5.74, 6) is -0.674. The zero-order valence-corrected chi connectivity index (χ0v) is 6.88. The van der Waals surface area contributed by atoms with Crippen LogP contribution in [0.5, 0.6) is 0 Å². The van der Waals surface area contributed by atoms with Crippen molar-refractivity contribution in [2.24, 2.45) is 0 Å². The first kappa shape index (κ1) is 10.6. The predicted molar refractivity (Wildman–Crippen MR) is 38.9 cm³/mol. The predicted octanol–water partition coefficient (Wildman–Crippen LogP) is 1.94. The van der Waals surface area contributed by atoms with Gasteiger partial charge in [-0.05, 0) is 12.1 Å². The van der Waals surface area contributed by atoms with Crippen LogP contribution in [0.2, 0.25) is 0 Å². The second kappa shape index (κ2) is 3.35. The van der Waals surface area contributed by atoms with E-state index in [1.807, 2.05) is 0 Å². The minimum atomic E-state index is -4.93. The number of halogens is 3. The van der Waals surface area contributed by atoms with Crippen molar-refractivity contribution in [3.05, 3.63) is 24.2 Å². The van der Waals surface area contributed by atoms with Crippen LogP contribution in [0.3, 0.4) is 0 Å². The van der Waals surface area contributed by atoms with Gasteiger partial charge in [0.1, 0.15) is 5.76 Å². The molecule has 0 saturated heterocycles. The number of aliphatic hydroxyl groups is 1. The highest BCUT2D eigenvalue weighted by Crippen LogP contribution is 2.41. The molecule has 1 aromatic heterocycles. The first-order valence-electron chi connectivity index (χ1n) is 3.62. The van der Waals surface area contributed by atoms with Crippen molar-refractivity contribution in [3.8, 4) is 6.07 Å². The van der Waals surface area contributed by atoms with Crippen LogP contribution in [0.15, 0.2) is 22.8 Å².